The van der Waals surface area contributed by atoms with E-state index in [1.807, 2.05) is 6.20 Å². The Morgan fingerprint density at radius 3 is 2.96 bits per heavy atom. The van der Waals surface area contributed by atoms with E-state index in [1.165, 1.54) is 6.07 Å². The summed E-state index contributed by atoms with van der Waals surface area (Å²) < 4.78 is 19.1. The minimum absolute atomic E-state index is 0.218. The number of ether oxygens (including phenoxy) is 1. The molecule has 0 unspecified atom stereocenters. The normalized spacial score (nSPS) is 14.6. The molecule has 0 aliphatic carbocycles. The molecular formula is C18H22FN3O. The van der Waals surface area contributed by atoms with Crippen molar-refractivity contribution < 1.29 is 9.13 Å². The van der Waals surface area contributed by atoms with Crippen LogP contribution in [0.25, 0.3) is 0 Å². The molecule has 0 saturated heterocycles. The Morgan fingerprint density at radius 1 is 1.35 bits per heavy atom. The Labute approximate surface area is 136 Å². The number of aryl methyl sites for hydroxylation is 1. The van der Waals surface area contributed by atoms with Crippen LogP contribution in [0.4, 0.5) is 4.39 Å². The summed E-state index contributed by atoms with van der Waals surface area (Å²) in [7, 11) is 1.54. The van der Waals surface area contributed by atoms with E-state index < -0.39 is 0 Å². The summed E-state index contributed by atoms with van der Waals surface area (Å²) in [5, 5.41) is 0. The summed E-state index contributed by atoms with van der Waals surface area (Å²) in [6.07, 6.45) is 4.81. The highest BCUT2D eigenvalue weighted by atomic mass is 19.1. The molecular weight excluding hydrogens is 293 g/mol. The number of nitrogens with zero attached hydrogens (tertiary/aromatic N) is 3. The van der Waals surface area contributed by atoms with Gasteiger partial charge in [-0.05, 0) is 12.5 Å². The molecule has 5 heteroatoms. The highest BCUT2D eigenvalue weighted by molar-refractivity contribution is 5.29. The topological polar surface area (TPSA) is 38.2 Å². The fourth-order valence-corrected chi connectivity index (χ4v) is 2.92. The molecule has 0 atom stereocenters. The lowest BCUT2D eigenvalue weighted by Crippen LogP contribution is -2.31. The molecule has 1 aliphatic heterocycles. The molecule has 0 fully saturated rings. The number of aromatic nitrogens is 2. The quantitative estimate of drug-likeness (QED) is 0.849. The number of methoxy groups -OCH3 is 1. The van der Waals surface area contributed by atoms with Crippen molar-refractivity contribution >= 4 is 0 Å². The zero-order valence-electron chi connectivity index (χ0n) is 13.7. The van der Waals surface area contributed by atoms with Crippen LogP contribution in [0.5, 0.6) is 5.75 Å². The molecule has 4 nitrogen and oxygen atoms in total. The predicted molar refractivity (Wildman–Crippen MR) is 86.8 cm³/mol. The van der Waals surface area contributed by atoms with Gasteiger partial charge in [0, 0.05) is 61.6 Å². The lowest BCUT2D eigenvalue weighted by Gasteiger charge is -2.28. The number of halogens is 1. The summed E-state index contributed by atoms with van der Waals surface area (Å²) in [6, 6.07) is 5.04. The van der Waals surface area contributed by atoms with Gasteiger partial charge in [-0.25, -0.2) is 14.4 Å². The van der Waals surface area contributed by atoms with Crippen LogP contribution in [-0.2, 0) is 25.9 Å². The second-order valence-electron chi connectivity index (χ2n) is 5.93. The molecule has 0 saturated carbocycles. The van der Waals surface area contributed by atoms with Crippen LogP contribution in [0.3, 0.4) is 0 Å². The molecule has 0 radical (unpaired) electrons. The van der Waals surface area contributed by atoms with E-state index >= 15 is 0 Å². The molecule has 0 amide bonds. The maximum atomic E-state index is 14.1. The average Bonchev–Trinajstić information content (AvgIpc) is 2.57. The van der Waals surface area contributed by atoms with E-state index in [-0.39, 0.29) is 5.82 Å². The van der Waals surface area contributed by atoms with Crippen LogP contribution >= 0.6 is 0 Å². The Balaban J connectivity index is 1.70. The first kappa shape index (κ1) is 15.9. The summed E-state index contributed by atoms with van der Waals surface area (Å²) in [5.74, 6) is 1.26. The molecule has 23 heavy (non-hydrogen) atoms. The lowest BCUT2D eigenvalue weighted by molar-refractivity contribution is 0.239. The van der Waals surface area contributed by atoms with Crippen LogP contribution in [0.2, 0.25) is 0 Å². The standard InChI is InChI=1S/C18H22FN3O/c1-3-4-18-20-10-14-12-22(8-7-17(14)21-18)11-13-5-6-15(23-2)9-16(13)19/h5-6,9-10H,3-4,7-8,11-12H2,1-2H3. The highest BCUT2D eigenvalue weighted by Gasteiger charge is 2.19. The maximum absolute atomic E-state index is 14.1. The summed E-state index contributed by atoms with van der Waals surface area (Å²) >= 11 is 0. The average molecular weight is 315 g/mol. The molecule has 0 bridgehead atoms. The van der Waals surface area contributed by atoms with Gasteiger partial charge in [-0.15, -0.1) is 0 Å². The number of benzene rings is 1. The monoisotopic (exact) mass is 315 g/mol. The first-order chi connectivity index (χ1) is 11.2. The second-order valence-corrected chi connectivity index (χ2v) is 5.93. The van der Waals surface area contributed by atoms with E-state index in [2.05, 4.69) is 21.8 Å². The van der Waals surface area contributed by atoms with Crippen molar-refractivity contribution in [3.05, 3.63) is 52.9 Å². The van der Waals surface area contributed by atoms with Gasteiger partial charge in [0.2, 0.25) is 0 Å². The molecule has 2 heterocycles. The van der Waals surface area contributed by atoms with E-state index in [9.17, 15) is 4.39 Å². The van der Waals surface area contributed by atoms with Gasteiger partial charge in [0.15, 0.2) is 0 Å². The largest absolute Gasteiger partial charge is 0.497 e. The molecule has 1 aromatic heterocycles. The SMILES string of the molecule is CCCc1ncc2c(n1)CCN(Cc1ccc(OC)cc1F)C2. The van der Waals surface area contributed by atoms with Crippen molar-refractivity contribution in [2.45, 2.75) is 39.3 Å². The molecule has 0 spiro atoms. The van der Waals surface area contributed by atoms with Crippen molar-refractivity contribution in [1.82, 2.24) is 14.9 Å². The Morgan fingerprint density at radius 2 is 2.22 bits per heavy atom. The van der Waals surface area contributed by atoms with Gasteiger partial charge >= 0.3 is 0 Å². The van der Waals surface area contributed by atoms with Crippen LogP contribution in [0.15, 0.2) is 24.4 Å². The molecule has 122 valence electrons. The minimum Gasteiger partial charge on any atom is -0.497 e. The third-order valence-electron chi connectivity index (χ3n) is 4.19. The number of hydrogen-bond acceptors (Lipinski definition) is 4. The second kappa shape index (κ2) is 7.04. The first-order valence-electron chi connectivity index (χ1n) is 8.08. The first-order valence-corrected chi connectivity index (χ1v) is 8.08. The molecule has 1 aromatic carbocycles. The molecule has 3 rings (SSSR count). The molecule has 1 aliphatic rings. The van der Waals surface area contributed by atoms with Crippen LogP contribution in [0, 0.1) is 5.82 Å². The van der Waals surface area contributed by atoms with Gasteiger partial charge in [0.1, 0.15) is 17.4 Å². The van der Waals surface area contributed by atoms with Crippen LogP contribution < -0.4 is 4.74 Å². The third kappa shape index (κ3) is 3.67. The Hall–Kier alpha value is -2.01. The van der Waals surface area contributed by atoms with Crippen molar-refractivity contribution in [2.75, 3.05) is 13.7 Å². The number of rotatable bonds is 5. The Bertz CT molecular complexity index is 690. The van der Waals surface area contributed by atoms with E-state index in [1.54, 1.807) is 19.2 Å². The van der Waals surface area contributed by atoms with Crippen molar-refractivity contribution in [3.8, 4) is 5.75 Å². The Kier molecular flexibility index (Phi) is 4.86. The fraction of sp³-hybridized carbons (Fsp3) is 0.444. The number of fused-ring (bicyclic) bond motifs is 1. The van der Waals surface area contributed by atoms with Gasteiger partial charge in [-0.3, -0.25) is 4.90 Å². The maximum Gasteiger partial charge on any atom is 0.131 e. The van der Waals surface area contributed by atoms with Crippen molar-refractivity contribution in [3.63, 3.8) is 0 Å². The summed E-state index contributed by atoms with van der Waals surface area (Å²) in [5.41, 5.74) is 3.00. The van der Waals surface area contributed by atoms with Gasteiger partial charge in [-0.1, -0.05) is 13.0 Å². The zero-order valence-corrected chi connectivity index (χ0v) is 13.7. The minimum atomic E-state index is -0.218. The zero-order chi connectivity index (χ0) is 16.2. The van der Waals surface area contributed by atoms with Crippen molar-refractivity contribution in [1.29, 1.82) is 0 Å². The highest BCUT2D eigenvalue weighted by Crippen LogP contribution is 2.22. The molecule has 2 aromatic rings. The van der Waals surface area contributed by atoms with E-state index in [0.29, 0.717) is 17.9 Å². The molecule has 0 N–H and O–H groups in total. The van der Waals surface area contributed by atoms with Crippen LogP contribution in [0.1, 0.15) is 36.0 Å². The smallest absolute Gasteiger partial charge is 0.131 e. The lowest BCUT2D eigenvalue weighted by atomic mass is 10.1. The predicted octanol–water partition coefficient (Wildman–Crippen LogP) is 3.14. The number of hydrogen-bond donors (Lipinski definition) is 0. The third-order valence-corrected chi connectivity index (χ3v) is 4.19. The summed E-state index contributed by atoms with van der Waals surface area (Å²) in [4.78, 5) is 11.3. The fourth-order valence-electron chi connectivity index (χ4n) is 2.92. The van der Waals surface area contributed by atoms with E-state index in [0.717, 1.165) is 49.4 Å². The summed E-state index contributed by atoms with van der Waals surface area (Å²) in [6.45, 7) is 4.38. The van der Waals surface area contributed by atoms with Crippen molar-refractivity contribution in [2.24, 2.45) is 0 Å². The van der Waals surface area contributed by atoms with E-state index in [4.69, 9.17) is 4.74 Å². The van der Waals surface area contributed by atoms with Gasteiger partial charge < -0.3 is 4.74 Å². The van der Waals surface area contributed by atoms with Gasteiger partial charge in [0.25, 0.3) is 0 Å². The van der Waals surface area contributed by atoms with Gasteiger partial charge in [0.05, 0.1) is 7.11 Å². The van der Waals surface area contributed by atoms with Crippen LogP contribution in [-0.4, -0.2) is 28.5 Å². The van der Waals surface area contributed by atoms with Gasteiger partial charge in [-0.2, -0.15) is 0 Å².